The molecule has 0 bridgehead atoms. The highest BCUT2D eigenvalue weighted by atomic mass is 19.4. The SMILES string of the molecule is CC(OC(=O)CNC(=O)Cc1ccccc1)C(=O)Nc1ccccc1C(F)(F)F. The number of halogens is 3. The van der Waals surface area contributed by atoms with E-state index in [1.807, 2.05) is 0 Å². The zero-order valence-corrected chi connectivity index (χ0v) is 15.5. The van der Waals surface area contributed by atoms with Gasteiger partial charge in [-0.25, -0.2) is 0 Å². The summed E-state index contributed by atoms with van der Waals surface area (Å²) in [5, 5.41) is 4.46. The molecule has 1 unspecified atom stereocenters. The van der Waals surface area contributed by atoms with Gasteiger partial charge in [0.1, 0.15) is 6.54 Å². The molecule has 9 heteroatoms. The van der Waals surface area contributed by atoms with Crippen molar-refractivity contribution >= 4 is 23.5 Å². The number of hydrogen-bond donors (Lipinski definition) is 2. The second-order valence-corrected chi connectivity index (χ2v) is 6.10. The quantitative estimate of drug-likeness (QED) is 0.690. The summed E-state index contributed by atoms with van der Waals surface area (Å²) < 4.78 is 43.8. The van der Waals surface area contributed by atoms with E-state index in [4.69, 9.17) is 4.74 Å². The lowest BCUT2D eigenvalue weighted by molar-refractivity contribution is -0.152. The van der Waals surface area contributed by atoms with Gasteiger partial charge in [-0.2, -0.15) is 13.2 Å². The second kappa shape index (κ2) is 9.72. The van der Waals surface area contributed by atoms with Gasteiger partial charge >= 0.3 is 12.1 Å². The number of rotatable bonds is 7. The van der Waals surface area contributed by atoms with Gasteiger partial charge in [0.2, 0.25) is 5.91 Å². The molecule has 0 saturated carbocycles. The molecule has 0 heterocycles. The van der Waals surface area contributed by atoms with E-state index in [1.54, 1.807) is 30.3 Å². The largest absolute Gasteiger partial charge is 0.451 e. The van der Waals surface area contributed by atoms with Crippen LogP contribution in [0.2, 0.25) is 0 Å². The summed E-state index contributed by atoms with van der Waals surface area (Å²) in [5.41, 5.74) is -0.696. The topological polar surface area (TPSA) is 84.5 Å². The molecule has 29 heavy (non-hydrogen) atoms. The molecule has 0 spiro atoms. The van der Waals surface area contributed by atoms with Gasteiger partial charge in [0, 0.05) is 0 Å². The summed E-state index contributed by atoms with van der Waals surface area (Å²) in [7, 11) is 0. The number of para-hydroxylation sites is 1. The van der Waals surface area contributed by atoms with Gasteiger partial charge in [-0.05, 0) is 24.6 Å². The number of alkyl halides is 3. The first-order valence-corrected chi connectivity index (χ1v) is 8.64. The van der Waals surface area contributed by atoms with Crippen molar-refractivity contribution in [1.29, 1.82) is 0 Å². The van der Waals surface area contributed by atoms with Crippen LogP contribution in [0.3, 0.4) is 0 Å². The maximum absolute atomic E-state index is 13.0. The lowest BCUT2D eigenvalue weighted by Crippen LogP contribution is -2.36. The van der Waals surface area contributed by atoms with E-state index >= 15 is 0 Å². The Labute approximate surface area is 165 Å². The zero-order valence-electron chi connectivity index (χ0n) is 15.5. The number of carbonyl (C=O) groups is 3. The van der Waals surface area contributed by atoms with Crippen LogP contribution in [0.1, 0.15) is 18.1 Å². The van der Waals surface area contributed by atoms with E-state index in [2.05, 4.69) is 10.6 Å². The van der Waals surface area contributed by atoms with Crippen molar-refractivity contribution in [3.05, 3.63) is 65.7 Å². The van der Waals surface area contributed by atoms with Crippen LogP contribution < -0.4 is 10.6 Å². The first-order valence-electron chi connectivity index (χ1n) is 8.64. The van der Waals surface area contributed by atoms with Gasteiger partial charge in [0.05, 0.1) is 17.7 Å². The summed E-state index contributed by atoms with van der Waals surface area (Å²) in [5.74, 6) is -2.23. The van der Waals surface area contributed by atoms with Gasteiger partial charge in [-0.15, -0.1) is 0 Å². The Morgan fingerprint density at radius 2 is 1.62 bits per heavy atom. The van der Waals surface area contributed by atoms with Crippen LogP contribution in [0.4, 0.5) is 18.9 Å². The third-order valence-electron chi connectivity index (χ3n) is 3.81. The van der Waals surface area contributed by atoms with Crippen LogP contribution in [0, 0.1) is 0 Å². The van der Waals surface area contributed by atoms with Crippen LogP contribution in [-0.4, -0.2) is 30.4 Å². The highest BCUT2D eigenvalue weighted by molar-refractivity contribution is 5.96. The molecular formula is C20H19F3N2O4. The minimum absolute atomic E-state index is 0.0678. The molecule has 0 fully saturated rings. The highest BCUT2D eigenvalue weighted by Gasteiger charge is 2.34. The molecule has 0 radical (unpaired) electrons. The van der Waals surface area contributed by atoms with Crippen molar-refractivity contribution in [1.82, 2.24) is 5.32 Å². The Hall–Kier alpha value is -3.36. The number of anilines is 1. The molecule has 2 aromatic carbocycles. The number of ether oxygens (including phenoxy) is 1. The number of benzene rings is 2. The van der Waals surface area contributed by atoms with E-state index in [9.17, 15) is 27.6 Å². The van der Waals surface area contributed by atoms with Gasteiger partial charge in [-0.1, -0.05) is 42.5 Å². The Morgan fingerprint density at radius 3 is 2.28 bits per heavy atom. The van der Waals surface area contributed by atoms with Crippen molar-refractivity contribution in [2.75, 3.05) is 11.9 Å². The van der Waals surface area contributed by atoms with E-state index in [1.165, 1.54) is 19.1 Å². The monoisotopic (exact) mass is 408 g/mol. The van der Waals surface area contributed by atoms with Gasteiger partial charge < -0.3 is 15.4 Å². The van der Waals surface area contributed by atoms with E-state index < -0.39 is 47.9 Å². The Bertz CT molecular complexity index is 870. The van der Waals surface area contributed by atoms with E-state index in [0.29, 0.717) is 0 Å². The Morgan fingerprint density at radius 1 is 1.00 bits per heavy atom. The van der Waals surface area contributed by atoms with E-state index in [0.717, 1.165) is 17.7 Å². The number of amides is 2. The number of esters is 1. The molecule has 2 aromatic rings. The number of hydrogen-bond acceptors (Lipinski definition) is 4. The lowest BCUT2D eigenvalue weighted by atomic mass is 10.1. The molecule has 2 rings (SSSR count). The molecule has 0 aliphatic rings. The smallest absolute Gasteiger partial charge is 0.418 e. The van der Waals surface area contributed by atoms with Crippen molar-refractivity contribution < 1.29 is 32.3 Å². The molecule has 1 atom stereocenters. The molecule has 2 N–H and O–H groups in total. The van der Waals surface area contributed by atoms with Crippen molar-refractivity contribution in [3.8, 4) is 0 Å². The summed E-state index contributed by atoms with van der Waals surface area (Å²) >= 11 is 0. The molecule has 154 valence electrons. The molecule has 0 aliphatic carbocycles. The normalized spacial score (nSPS) is 12.0. The lowest BCUT2D eigenvalue weighted by Gasteiger charge is -2.17. The molecule has 6 nitrogen and oxygen atoms in total. The standard InChI is InChI=1S/C20H19F3N2O4/c1-13(19(28)25-16-10-6-5-9-15(16)20(21,22)23)29-18(27)12-24-17(26)11-14-7-3-2-4-8-14/h2-10,13H,11-12H2,1H3,(H,24,26)(H,25,28). The summed E-state index contributed by atoms with van der Waals surface area (Å²) in [6.45, 7) is 0.748. The third kappa shape index (κ3) is 6.95. The van der Waals surface area contributed by atoms with Crippen LogP contribution in [0.25, 0.3) is 0 Å². The zero-order chi connectivity index (χ0) is 21.4. The summed E-state index contributed by atoms with van der Waals surface area (Å²) in [6, 6.07) is 13.3. The minimum atomic E-state index is -4.65. The summed E-state index contributed by atoms with van der Waals surface area (Å²) in [6.07, 6.45) is -5.93. The highest BCUT2D eigenvalue weighted by Crippen LogP contribution is 2.34. The van der Waals surface area contributed by atoms with Crippen LogP contribution in [0.15, 0.2) is 54.6 Å². The Balaban J connectivity index is 1.83. The Kier molecular flexibility index (Phi) is 7.35. The van der Waals surface area contributed by atoms with Crippen molar-refractivity contribution in [2.24, 2.45) is 0 Å². The fourth-order valence-electron chi connectivity index (χ4n) is 2.38. The molecular weight excluding hydrogens is 389 g/mol. The molecule has 0 aromatic heterocycles. The fraction of sp³-hybridized carbons (Fsp3) is 0.250. The maximum atomic E-state index is 13.0. The van der Waals surface area contributed by atoms with E-state index in [-0.39, 0.29) is 6.42 Å². The van der Waals surface area contributed by atoms with Crippen LogP contribution in [-0.2, 0) is 31.7 Å². The fourth-order valence-corrected chi connectivity index (χ4v) is 2.38. The van der Waals surface area contributed by atoms with Gasteiger partial charge in [0.25, 0.3) is 5.91 Å². The maximum Gasteiger partial charge on any atom is 0.418 e. The predicted molar refractivity (Wildman–Crippen MR) is 98.8 cm³/mol. The van der Waals surface area contributed by atoms with Gasteiger partial charge in [0.15, 0.2) is 6.10 Å². The summed E-state index contributed by atoms with van der Waals surface area (Å²) in [4.78, 5) is 35.7. The average Bonchev–Trinajstić information content (AvgIpc) is 2.66. The molecule has 0 aliphatic heterocycles. The van der Waals surface area contributed by atoms with Crippen molar-refractivity contribution in [2.45, 2.75) is 25.6 Å². The molecule has 2 amide bonds. The average molecular weight is 408 g/mol. The van der Waals surface area contributed by atoms with Crippen LogP contribution >= 0.6 is 0 Å². The predicted octanol–water partition coefficient (Wildman–Crippen LogP) is 2.93. The minimum Gasteiger partial charge on any atom is -0.451 e. The molecule has 0 saturated heterocycles. The first-order chi connectivity index (χ1) is 13.7. The van der Waals surface area contributed by atoms with Crippen molar-refractivity contribution in [3.63, 3.8) is 0 Å². The number of nitrogens with one attached hydrogen (secondary N) is 2. The van der Waals surface area contributed by atoms with Gasteiger partial charge in [-0.3, -0.25) is 14.4 Å². The van der Waals surface area contributed by atoms with Crippen LogP contribution in [0.5, 0.6) is 0 Å². The number of carbonyl (C=O) groups excluding carboxylic acids is 3. The second-order valence-electron chi connectivity index (χ2n) is 6.10. The first kappa shape index (κ1) is 21.9. The third-order valence-corrected chi connectivity index (χ3v) is 3.81.